The molecule has 47 heavy (non-hydrogen) atoms. The zero-order chi connectivity index (χ0) is 34.2. The fourth-order valence-electron chi connectivity index (χ4n) is 4.83. The van der Waals surface area contributed by atoms with Gasteiger partial charge in [-0.2, -0.15) is 0 Å². The molecule has 1 fully saturated rings. The minimum absolute atomic E-state index is 0.0361. The van der Waals surface area contributed by atoms with Crippen molar-refractivity contribution in [2.24, 2.45) is 0 Å². The van der Waals surface area contributed by atoms with Crippen molar-refractivity contribution in [1.29, 1.82) is 0 Å². The number of carboxylic acids is 1. The first kappa shape index (κ1) is 35.9. The second kappa shape index (κ2) is 18.4. The molecule has 0 spiro atoms. The van der Waals surface area contributed by atoms with E-state index in [1.807, 2.05) is 60.7 Å². The molecule has 14 nitrogen and oxygen atoms in total. The highest BCUT2D eigenvalue weighted by Gasteiger charge is 2.31. The quantitative estimate of drug-likeness (QED) is 0.211. The van der Waals surface area contributed by atoms with Gasteiger partial charge in [-0.25, -0.2) is 14.8 Å². The third-order valence-electron chi connectivity index (χ3n) is 7.32. The Balaban J connectivity index is 0.00000192. The number of carbonyl (C=O) groups is 5. The van der Waals surface area contributed by atoms with Gasteiger partial charge in [0.2, 0.25) is 5.91 Å². The lowest BCUT2D eigenvalue weighted by molar-refractivity contribution is -0.138. The highest BCUT2D eigenvalue weighted by Crippen LogP contribution is 2.20. The Morgan fingerprint density at radius 1 is 0.957 bits per heavy atom. The molecule has 1 aliphatic heterocycles. The van der Waals surface area contributed by atoms with Gasteiger partial charge in [-0.1, -0.05) is 67.6 Å². The predicted molar refractivity (Wildman–Crippen MR) is 173 cm³/mol. The molecular formula is C33H40N6O8. The molecule has 1 aliphatic rings. The summed E-state index contributed by atoms with van der Waals surface area (Å²) in [5.74, 6) is -1.21. The number of amides is 3. The van der Waals surface area contributed by atoms with Gasteiger partial charge in [0.15, 0.2) is 5.82 Å². The van der Waals surface area contributed by atoms with Crippen LogP contribution in [0.1, 0.15) is 48.7 Å². The van der Waals surface area contributed by atoms with Gasteiger partial charge >= 0.3 is 12.1 Å². The van der Waals surface area contributed by atoms with Gasteiger partial charge in [0, 0.05) is 50.8 Å². The third kappa shape index (κ3) is 11.1. The number of nitrogens with zero attached hydrogens (tertiary/aromatic N) is 4. The Bertz CT molecular complexity index is 1480. The summed E-state index contributed by atoms with van der Waals surface area (Å²) in [6, 6.07) is 19.7. The van der Waals surface area contributed by atoms with Crippen LogP contribution < -0.4 is 10.6 Å². The molecule has 0 radical (unpaired) electrons. The van der Waals surface area contributed by atoms with Crippen LogP contribution >= 0.6 is 0 Å². The van der Waals surface area contributed by atoms with Crippen LogP contribution in [0.4, 0.5) is 10.6 Å². The zero-order valence-electron chi connectivity index (χ0n) is 26.4. The van der Waals surface area contributed by atoms with Crippen LogP contribution in [0, 0.1) is 0 Å². The monoisotopic (exact) mass is 648 g/mol. The fraction of sp³-hybridized carbons (Fsp3) is 0.364. The number of rotatable bonds is 12. The van der Waals surface area contributed by atoms with Crippen molar-refractivity contribution >= 4 is 36.2 Å². The maximum Gasteiger partial charge on any atom is 0.409 e. The van der Waals surface area contributed by atoms with Crippen LogP contribution in [0.25, 0.3) is 11.4 Å². The molecule has 2 unspecified atom stereocenters. The summed E-state index contributed by atoms with van der Waals surface area (Å²) in [4.78, 5) is 71.0. The molecule has 2 atom stereocenters. The summed E-state index contributed by atoms with van der Waals surface area (Å²) in [5, 5.41) is 22.2. The maximum atomic E-state index is 13.6. The second-order valence-electron chi connectivity index (χ2n) is 10.6. The van der Waals surface area contributed by atoms with E-state index in [1.54, 1.807) is 6.92 Å². The van der Waals surface area contributed by atoms with Gasteiger partial charge in [-0.05, 0) is 24.8 Å². The summed E-state index contributed by atoms with van der Waals surface area (Å²) < 4.78 is 5.04. The number of piperazine rings is 1. The molecule has 3 aromatic rings. The molecule has 2 heterocycles. The van der Waals surface area contributed by atoms with E-state index in [9.17, 15) is 24.3 Å². The van der Waals surface area contributed by atoms with E-state index in [4.69, 9.17) is 14.6 Å². The summed E-state index contributed by atoms with van der Waals surface area (Å²) in [6.45, 7) is 5.36. The highest BCUT2D eigenvalue weighted by molar-refractivity contribution is 5.97. The highest BCUT2D eigenvalue weighted by atomic mass is 16.6. The van der Waals surface area contributed by atoms with E-state index >= 15 is 0 Å². The average Bonchev–Trinajstić information content (AvgIpc) is 3.09. The molecule has 3 amide bonds. The van der Waals surface area contributed by atoms with Crippen molar-refractivity contribution in [1.82, 2.24) is 25.1 Å². The van der Waals surface area contributed by atoms with Crippen LogP contribution in [-0.2, 0) is 19.1 Å². The normalized spacial score (nSPS) is 13.7. The SMILES string of the molecule is CCOC(=O)N1CCN(C(=O)C(CCC(=O)O)NC(=O)c2cc(NCC(C)c3ccccc3)nc(-c3ccccc3)n2)CC1.O=CO. The number of hydrogen-bond acceptors (Lipinski definition) is 9. The van der Waals surface area contributed by atoms with Gasteiger partial charge in [0.1, 0.15) is 17.6 Å². The summed E-state index contributed by atoms with van der Waals surface area (Å²) >= 11 is 0. The fourth-order valence-corrected chi connectivity index (χ4v) is 4.83. The summed E-state index contributed by atoms with van der Waals surface area (Å²) in [6.07, 6.45) is -0.868. The van der Waals surface area contributed by atoms with Crippen molar-refractivity contribution in [3.8, 4) is 11.4 Å². The number of hydrogen-bond donors (Lipinski definition) is 4. The molecule has 1 aromatic heterocycles. The summed E-state index contributed by atoms with van der Waals surface area (Å²) in [5.41, 5.74) is 1.89. The topological polar surface area (TPSA) is 191 Å². The molecule has 1 saturated heterocycles. The third-order valence-corrected chi connectivity index (χ3v) is 7.32. The Hall–Kier alpha value is -5.53. The van der Waals surface area contributed by atoms with Gasteiger partial charge in [0.25, 0.3) is 12.4 Å². The zero-order valence-corrected chi connectivity index (χ0v) is 26.4. The van der Waals surface area contributed by atoms with E-state index in [-0.39, 0.29) is 63.7 Å². The minimum atomic E-state index is -1.10. The largest absolute Gasteiger partial charge is 0.483 e. The Morgan fingerprint density at radius 3 is 2.15 bits per heavy atom. The number of ether oxygens (including phenoxy) is 1. The molecule has 4 N–H and O–H groups in total. The van der Waals surface area contributed by atoms with Crippen LogP contribution in [0.5, 0.6) is 0 Å². The number of aromatic nitrogens is 2. The average molecular weight is 649 g/mol. The van der Waals surface area contributed by atoms with Crippen molar-refractivity contribution in [3.05, 3.63) is 78.0 Å². The van der Waals surface area contributed by atoms with Crippen LogP contribution in [0.2, 0.25) is 0 Å². The van der Waals surface area contributed by atoms with Crippen molar-refractivity contribution < 1.29 is 38.9 Å². The maximum absolute atomic E-state index is 13.6. The van der Waals surface area contributed by atoms with Crippen molar-refractivity contribution in [2.45, 2.75) is 38.6 Å². The van der Waals surface area contributed by atoms with E-state index in [0.29, 0.717) is 23.8 Å². The van der Waals surface area contributed by atoms with Gasteiger partial charge in [-0.3, -0.25) is 19.2 Å². The number of nitrogens with one attached hydrogen (secondary N) is 2. The van der Waals surface area contributed by atoms with E-state index in [1.165, 1.54) is 15.9 Å². The number of anilines is 1. The van der Waals surface area contributed by atoms with Crippen molar-refractivity contribution in [2.75, 3.05) is 44.6 Å². The smallest absolute Gasteiger partial charge is 0.409 e. The van der Waals surface area contributed by atoms with Gasteiger partial charge < -0.3 is 35.4 Å². The van der Waals surface area contributed by atoms with E-state index < -0.39 is 29.9 Å². The Kier molecular flexibility index (Phi) is 14.1. The number of aliphatic carboxylic acids is 1. The molecule has 4 rings (SSSR count). The van der Waals surface area contributed by atoms with Crippen LogP contribution in [-0.4, -0.2) is 106 Å². The molecule has 0 bridgehead atoms. The summed E-state index contributed by atoms with van der Waals surface area (Å²) in [7, 11) is 0. The lowest BCUT2D eigenvalue weighted by Crippen LogP contribution is -2.56. The first-order valence-corrected chi connectivity index (χ1v) is 15.2. The van der Waals surface area contributed by atoms with Crippen LogP contribution in [0.3, 0.4) is 0 Å². The lowest BCUT2D eigenvalue weighted by atomic mass is 10.0. The molecule has 0 aliphatic carbocycles. The van der Waals surface area contributed by atoms with Crippen molar-refractivity contribution in [3.63, 3.8) is 0 Å². The number of carbonyl (C=O) groups excluding carboxylic acids is 3. The Morgan fingerprint density at radius 2 is 1.55 bits per heavy atom. The number of carboxylic acid groups (broad SMARTS) is 2. The minimum Gasteiger partial charge on any atom is -0.483 e. The van der Waals surface area contributed by atoms with Gasteiger partial charge in [-0.15, -0.1) is 0 Å². The second-order valence-corrected chi connectivity index (χ2v) is 10.6. The molecular weight excluding hydrogens is 608 g/mol. The first-order chi connectivity index (χ1) is 22.7. The molecule has 0 saturated carbocycles. The standard InChI is InChI=1S/C32H38N6O6.CH2O2/c1-3-44-32(43)38-18-16-37(17-19-38)31(42)25(14-15-28(39)40)35-30(41)26-20-27(33-21-22(2)23-10-6-4-7-11-23)36-29(34-26)24-12-8-5-9-13-24;2-1-3/h4-13,20,22,25H,3,14-19,21H2,1-2H3,(H,35,41)(H,39,40)(H,33,34,36);1H,(H,2,3). The molecule has 250 valence electrons. The lowest BCUT2D eigenvalue weighted by Gasteiger charge is -2.35. The Labute approximate surface area is 272 Å². The number of benzene rings is 2. The first-order valence-electron chi connectivity index (χ1n) is 15.2. The van der Waals surface area contributed by atoms with Gasteiger partial charge in [0.05, 0.1) is 6.61 Å². The van der Waals surface area contributed by atoms with Crippen LogP contribution in [0.15, 0.2) is 66.7 Å². The molecule has 14 heteroatoms. The van der Waals surface area contributed by atoms with E-state index in [2.05, 4.69) is 27.5 Å². The predicted octanol–water partition coefficient (Wildman–Crippen LogP) is 3.32. The molecule has 2 aromatic carbocycles. The van der Waals surface area contributed by atoms with E-state index in [0.717, 1.165) is 5.56 Å².